The van der Waals surface area contributed by atoms with Crippen LogP contribution in [0.1, 0.15) is 19.8 Å². The summed E-state index contributed by atoms with van der Waals surface area (Å²) in [4.78, 5) is 58.5. The first-order valence-electron chi connectivity index (χ1n) is 7.59. The summed E-state index contributed by atoms with van der Waals surface area (Å²) in [6, 6.07) is -2.74. The Morgan fingerprint density at radius 1 is 1.26 bits per heavy atom. The van der Waals surface area contributed by atoms with Crippen molar-refractivity contribution in [2.75, 3.05) is 12.3 Å². The molecule has 5 N–H and O–H groups in total. The molecule has 0 fully saturated rings. The van der Waals surface area contributed by atoms with E-state index >= 15 is 0 Å². The second-order valence-corrected chi connectivity index (χ2v) is 7.68. The maximum atomic E-state index is 11.9. The van der Waals surface area contributed by atoms with Crippen LogP contribution >= 0.6 is 20.6 Å². The fourth-order valence-electron chi connectivity index (χ4n) is 1.90. The molecule has 27 heavy (non-hydrogen) atoms. The lowest BCUT2D eigenvalue weighted by molar-refractivity contribution is -0.307. The highest BCUT2D eigenvalue weighted by atomic mass is 32.1. The summed E-state index contributed by atoms with van der Waals surface area (Å²) < 4.78 is 0. The topological polar surface area (TPSA) is 238 Å². The largest absolute Gasteiger partial charge is 0.862 e. The number of thiol groups is 1. The Kier molecular flexibility index (Phi) is 10.9. The quantitative estimate of drug-likeness (QED) is 0.0856. The van der Waals surface area contributed by atoms with Crippen LogP contribution in [0, 0.1) is 0 Å². The van der Waals surface area contributed by atoms with Crippen LogP contribution in [0.4, 0.5) is 0 Å². The third-order valence-electron chi connectivity index (χ3n) is 3.27. The first-order chi connectivity index (χ1) is 12.3. The second kappa shape index (κ2) is 11.5. The molecule has 0 aliphatic carbocycles. The van der Waals surface area contributed by atoms with E-state index in [1.54, 1.807) is 0 Å². The molecule has 0 radical (unpaired) electrons. The highest BCUT2D eigenvalue weighted by Crippen LogP contribution is 2.47. The fourth-order valence-corrected chi connectivity index (χ4v) is 3.16. The fraction of sp³-hybridized carbons (Fsp3) is 0.692. The van der Waals surface area contributed by atoms with Gasteiger partial charge in [0.25, 0.3) is 0 Å². The zero-order valence-electron chi connectivity index (χ0n) is 14.3. The van der Waals surface area contributed by atoms with Crippen LogP contribution in [-0.4, -0.2) is 74.6 Å². The molecule has 0 aliphatic heterocycles. The lowest BCUT2D eigenvalue weighted by atomic mass is 10.1. The van der Waals surface area contributed by atoms with Crippen molar-refractivity contribution in [2.45, 2.75) is 43.6 Å². The number of carboxylic acid groups (broad SMARTS) is 1. The van der Waals surface area contributed by atoms with Gasteiger partial charge in [-0.1, -0.05) is 0 Å². The molecule has 14 heteroatoms. The minimum atomic E-state index is -4.96. The number of nitrogens with two attached hydrogens (primary N) is 1. The van der Waals surface area contributed by atoms with Gasteiger partial charge in [0, 0.05) is 11.8 Å². The van der Waals surface area contributed by atoms with Crippen LogP contribution in [0.2, 0.25) is 0 Å². The summed E-state index contributed by atoms with van der Waals surface area (Å²) in [5.74, 6) is -4.83. The van der Waals surface area contributed by atoms with Crippen LogP contribution in [0.5, 0.6) is 0 Å². The summed E-state index contributed by atoms with van der Waals surface area (Å²) in [6.07, 6.45) is -2.29. The molecule has 0 aliphatic rings. The van der Waals surface area contributed by atoms with Gasteiger partial charge in [-0.05, 0) is 31.6 Å². The normalized spacial score (nSPS) is 17.9. The molecule has 156 valence electrons. The minimum absolute atomic E-state index is 0.257. The summed E-state index contributed by atoms with van der Waals surface area (Å²) in [5, 5.41) is 43.3. The van der Waals surface area contributed by atoms with Crippen molar-refractivity contribution in [3.63, 3.8) is 0 Å². The lowest BCUT2D eigenvalue weighted by Crippen LogP contribution is -2.43. The van der Waals surface area contributed by atoms with Gasteiger partial charge in [0.1, 0.15) is 6.54 Å². The van der Waals surface area contributed by atoms with Crippen molar-refractivity contribution in [3.05, 3.63) is 0 Å². The highest BCUT2D eigenvalue weighted by molar-refractivity contribution is 7.80. The van der Waals surface area contributed by atoms with Crippen molar-refractivity contribution in [1.82, 2.24) is 0 Å². The van der Waals surface area contributed by atoms with Gasteiger partial charge in [0.2, 0.25) is 19.4 Å². The number of aliphatic hydroxyl groups excluding tert-OH is 1. The number of carbonyl (C=O) groups excluding carboxylic acids is 2. The molecule has 0 heterocycles. The number of rotatable bonds is 12. The first-order valence-corrected chi connectivity index (χ1v) is 9.91. The number of carboxylic acids is 1. The standard InChI is InChI=1S/C13H24N3O9PS/c1-6(17)11(26(23,24)25)9(18)4-15-12(20)8(5-27)16-10(19)3-2-7(14)13(21)22/h6-8,11,17,27H,2-5,14H2,1H3,(H,15,20)(H,16,19)(H,21,22)(H2,23,24,25)/p-3/t6?,7-,8-,11?/m0/s1. The Morgan fingerprint density at radius 2 is 1.81 bits per heavy atom. The SMILES string of the molecule is CC(O)C(C(=O)CN=C([O-])[C@H](CS)N=C([O-])CC[C@H](N)C(=O)[O-])[P+]([O-])(O)O. The van der Waals surface area contributed by atoms with E-state index in [0.717, 1.165) is 6.92 Å². The van der Waals surface area contributed by atoms with E-state index in [-0.39, 0.29) is 18.6 Å². The van der Waals surface area contributed by atoms with Crippen molar-refractivity contribution >= 4 is 44.1 Å². The number of Topliss-reactive ketones (excluding diaryl/α,β-unsaturated/α-hetero) is 1. The highest BCUT2D eigenvalue weighted by Gasteiger charge is 2.43. The molecule has 12 nitrogen and oxygen atoms in total. The number of aliphatic hydroxyl groups is 1. The number of carbonyl (C=O) groups is 2. The molecular weight excluding hydrogens is 405 g/mol. The molecule has 0 saturated heterocycles. The molecule has 0 aromatic carbocycles. The Labute approximate surface area is 161 Å². The molecule has 0 amide bonds. The van der Waals surface area contributed by atoms with Crippen molar-refractivity contribution in [1.29, 1.82) is 0 Å². The maximum Gasteiger partial charge on any atom is 0.243 e. The third-order valence-corrected chi connectivity index (χ3v) is 5.06. The van der Waals surface area contributed by atoms with Gasteiger partial charge in [0.15, 0.2) is 0 Å². The molecule has 0 aromatic rings. The van der Waals surface area contributed by atoms with E-state index in [0.29, 0.717) is 0 Å². The van der Waals surface area contributed by atoms with E-state index in [4.69, 9.17) is 15.5 Å². The van der Waals surface area contributed by atoms with E-state index in [1.807, 2.05) is 0 Å². The second-order valence-electron chi connectivity index (χ2n) is 5.58. The van der Waals surface area contributed by atoms with E-state index in [1.165, 1.54) is 0 Å². The Hall–Kier alpha value is -1.34. The van der Waals surface area contributed by atoms with Crippen LogP contribution < -0.4 is 25.9 Å². The minimum Gasteiger partial charge on any atom is -0.862 e. The smallest absolute Gasteiger partial charge is 0.243 e. The predicted octanol–water partition coefficient (Wildman–Crippen LogP) is -5.91. The molecule has 0 rings (SSSR count). The summed E-state index contributed by atoms with van der Waals surface area (Å²) in [7, 11) is -4.96. The van der Waals surface area contributed by atoms with Crippen LogP contribution in [0.3, 0.4) is 0 Å². The number of aliphatic imine (C=N–C) groups is 2. The average molecular weight is 426 g/mol. The van der Waals surface area contributed by atoms with Crippen molar-refractivity contribution in [2.24, 2.45) is 15.7 Å². The molecule has 2 unspecified atom stereocenters. The number of nitrogens with zero attached hydrogens (tertiary/aromatic N) is 2. The third kappa shape index (κ3) is 9.42. The summed E-state index contributed by atoms with van der Waals surface area (Å²) >= 11 is 3.83. The van der Waals surface area contributed by atoms with Crippen molar-refractivity contribution < 1.29 is 44.7 Å². The molecule has 0 spiro atoms. The number of hydrogen-bond donors (Lipinski definition) is 5. The van der Waals surface area contributed by atoms with Crippen LogP contribution in [0.25, 0.3) is 0 Å². The number of aliphatic carboxylic acids is 1. The van der Waals surface area contributed by atoms with Gasteiger partial charge < -0.3 is 35.8 Å². The average Bonchev–Trinajstić information content (AvgIpc) is 2.53. The maximum absolute atomic E-state index is 11.9. The lowest BCUT2D eigenvalue weighted by Gasteiger charge is -2.26. The molecule has 0 aromatic heterocycles. The molecule has 0 bridgehead atoms. The Balaban J connectivity index is 5.04. The molecule has 4 atom stereocenters. The monoisotopic (exact) mass is 426 g/mol. The summed E-state index contributed by atoms with van der Waals surface area (Å²) in [5.41, 5.74) is 3.14. The van der Waals surface area contributed by atoms with Gasteiger partial charge in [-0.2, -0.15) is 12.6 Å². The van der Waals surface area contributed by atoms with E-state index < -0.39 is 61.9 Å². The van der Waals surface area contributed by atoms with Gasteiger partial charge in [0.05, 0.1) is 18.1 Å². The molecular formula is C13H21N3O9PS-3. The van der Waals surface area contributed by atoms with Crippen molar-refractivity contribution in [3.8, 4) is 0 Å². The van der Waals surface area contributed by atoms with Crippen LogP contribution in [0.15, 0.2) is 9.98 Å². The van der Waals surface area contributed by atoms with Crippen LogP contribution in [-0.2, 0) is 9.59 Å². The first kappa shape index (κ1) is 25.7. The Morgan fingerprint density at radius 3 is 2.22 bits per heavy atom. The van der Waals surface area contributed by atoms with Gasteiger partial charge in [-0.25, -0.2) is 9.79 Å². The van der Waals surface area contributed by atoms with E-state index in [9.17, 15) is 34.9 Å². The van der Waals surface area contributed by atoms with Gasteiger partial charge in [-0.3, -0.25) is 14.8 Å². The Bertz CT molecular complexity index is 580. The number of ketones is 1. The predicted molar refractivity (Wildman–Crippen MR) is 91.4 cm³/mol. The van der Waals surface area contributed by atoms with E-state index in [2.05, 4.69) is 22.6 Å². The van der Waals surface area contributed by atoms with Gasteiger partial charge >= 0.3 is 0 Å². The summed E-state index contributed by atoms with van der Waals surface area (Å²) in [6.45, 7) is 0.0778. The molecule has 0 saturated carbocycles. The zero-order chi connectivity index (χ0) is 21.4. The number of hydrogen-bond acceptors (Lipinski definition) is 13. The zero-order valence-corrected chi connectivity index (χ0v) is 16.1. The van der Waals surface area contributed by atoms with Gasteiger partial charge in [-0.15, -0.1) is 0 Å².